The normalized spacial score (nSPS) is 12.4. The summed E-state index contributed by atoms with van der Waals surface area (Å²) in [4.78, 5) is 10.9. The summed E-state index contributed by atoms with van der Waals surface area (Å²) in [5.74, 6) is 1.82. The highest BCUT2D eigenvalue weighted by Crippen LogP contribution is 2.35. The van der Waals surface area contributed by atoms with Crippen LogP contribution in [0.5, 0.6) is 5.75 Å². The van der Waals surface area contributed by atoms with Crippen LogP contribution in [0, 0.1) is 24.0 Å². The number of ether oxygens (including phenoxy) is 1. The van der Waals surface area contributed by atoms with Gasteiger partial charge in [0.1, 0.15) is 22.8 Å². The standard InChI is InChI=1S/C17H20N4O4/c1-9-13-8-12(24-5)6-7-14(13)25-16(9)11(3)18-17-15(21(22)23)10(2)19-20(17)4/h6-8,11,18H,1-5H3. The van der Waals surface area contributed by atoms with Crippen molar-refractivity contribution in [2.45, 2.75) is 26.8 Å². The fraction of sp³-hybridized carbons (Fsp3) is 0.353. The highest BCUT2D eigenvalue weighted by atomic mass is 16.6. The average Bonchev–Trinajstić information content (AvgIpc) is 3.04. The van der Waals surface area contributed by atoms with E-state index in [2.05, 4.69) is 10.4 Å². The fourth-order valence-electron chi connectivity index (χ4n) is 3.06. The number of hydrogen-bond acceptors (Lipinski definition) is 6. The van der Waals surface area contributed by atoms with Crippen molar-refractivity contribution < 1.29 is 14.1 Å². The van der Waals surface area contributed by atoms with Crippen LogP contribution >= 0.6 is 0 Å². The number of hydrogen-bond donors (Lipinski definition) is 1. The van der Waals surface area contributed by atoms with Crippen LogP contribution in [0.25, 0.3) is 11.0 Å². The van der Waals surface area contributed by atoms with E-state index in [1.807, 2.05) is 32.0 Å². The maximum atomic E-state index is 11.3. The Morgan fingerprint density at radius 2 is 2.12 bits per heavy atom. The predicted octanol–water partition coefficient (Wildman–Crippen LogP) is 3.87. The first-order chi connectivity index (χ1) is 11.8. The van der Waals surface area contributed by atoms with Gasteiger partial charge in [-0.15, -0.1) is 0 Å². The molecule has 2 aromatic heterocycles. The van der Waals surface area contributed by atoms with E-state index >= 15 is 0 Å². The van der Waals surface area contributed by atoms with Crippen molar-refractivity contribution in [2.75, 3.05) is 12.4 Å². The highest BCUT2D eigenvalue weighted by molar-refractivity contribution is 5.83. The van der Waals surface area contributed by atoms with Gasteiger partial charge in [0, 0.05) is 18.0 Å². The zero-order chi connectivity index (χ0) is 18.3. The van der Waals surface area contributed by atoms with Crippen LogP contribution in [0.3, 0.4) is 0 Å². The molecule has 1 aromatic carbocycles. The van der Waals surface area contributed by atoms with Crippen LogP contribution in [0.4, 0.5) is 11.5 Å². The van der Waals surface area contributed by atoms with E-state index in [0.29, 0.717) is 11.5 Å². The SMILES string of the molecule is COc1ccc2oc(C(C)Nc3c([N+](=O)[O-])c(C)nn3C)c(C)c2c1. The molecule has 8 heteroatoms. The molecule has 0 radical (unpaired) electrons. The van der Waals surface area contributed by atoms with E-state index < -0.39 is 4.92 Å². The minimum atomic E-state index is -0.423. The summed E-state index contributed by atoms with van der Waals surface area (Å²) in [6.45, 7) is 5.47. The predicted molar refractivity (Wildman–Crippen MR) is 94.1 cm³/mol. The molecule has 25 heavy (non-hydrogen) atoms. The van der Waals surface area contributed by atoms with E-state index in [1.165, 1.54) is 4.68 Å². The first kappa shape index (κ1) is 16.8. The molecule has 0 aliphatic heterocycles. The van der Waals surface area contributed by atoms with Crippen molar-refractivity contribution in [1.82, 2.24) is 9.78 Å². The van der Waals surface area contributed by atoms with Crippen LogP contribution in [-0.2, 0) is 7.05 Å². The Kier molecular flexibility index (Phi) is 4.12. The summed E-state index contributed by atoms with van der Waals surface area (Å²) >= 11 is 0. The molecule has 132 valence electrons. The third kappa shape index (κ3) is 2.79. The average molecular weight is 344 g/mol. The Morgan fingerprint density at radius 1 is 1.40 bits per heavy atom. The van der Waals surface area contributed by atoms with E-state index in [1.54, 1.807) is 21.1 Å². The molecule has 0 spiro atoms. The molecule has 0 saturated heterocycles. The van der Waals surface area contributed by atoms with Gasteiger partial charge in [-0.1, -0.05) is 0 Å². The molecule has 0 bridgehead atoms. The lowest BCUT2D eigenvalue weighted by Gasteiger charge is -2.13. The van der Waals surface area contributed by atoms with Gasteiger partial charge in [-0.05, 0) is 39.0 Å². The van der Waals surface area contributed by atoms with Crippen LogP contribution in [0.15, 0.2) is 22.6 Å². The topological polar surface area (TPSA) is 95.4 Å². The van der Waals surface area contributed by atoms with Gasteiger partial charge in [-0.3, -0.25) is 10.1 Å². The molecule has 3 aromatic rings. The lowest BCUT2D eigenvalue weighted by molar-refractivity contribution is -0.384. The van der Waals surface area contributed by atoms with E-state index in [9.17, 15) is 10.1 Å². The molecule has 1 atom stereocenters. The maximum Gasteiger partial charge on any atom is 0.333 e. The van der Waals surface area contributed by atoms with Crippen molar-refractivity contribution in [3.63, 3.8) is 0 Å². The lowest BCUT2D eigenvalue weighted by Crippen LogP contribution is -2.11. The monoisotopic (exact) mass is 344 g/mol. The van der Waals surface area contributed by atoms with Crippen LogP contribution in [-0.4, -0.2) is 21.8 Å². The number of nitrogens with one attached hydrogen (secondary N) is 1. The summed E-state index contributed by atoms with van der Waals surface area (Å²) in [6.07, 6.45) is 0. The highest BCUT2D eigenvalue weighted by Gasteiger charge is 2.27. The van der Waals surface area contributed by atoms with Crippen molar-refractivity contribution in [1.29, 1.82) is 0 Å². The van der Waals surface area contributed by atoms with Gasteiger partial charge in [-0.25, -0.2) is 4.68 Å². The van der Waals surface area contributed by atoms with Gasteiger partial charge < -0.3 is 14.5 Å². The molecule has 0 aliphatic rings. The van der Waals surface area contributed by atoms with Gasteiger partial charge in [0.2, 0.25) is 5.82 Å². The number of rotatable bonds is 5. The smallest absolute Gasteiger partial charge is 0.333 e. The lowest BCUT2D eigenvalue weighted by atomic mass is 10.1. The third-order valence-corrected chi connectivity index (χ3v) is 4.30. The number of anilines is 1. The molecule has 0 saturated carbocycles. The second-order valence-electron chi connectivity index (χ2n) is 5.98. The molecular weight excluding hydrogens is 324 g/mol. The molecular formula is C17H20N4O4. The molecule has 1 N–H and O–H groups in total. The molecule has 2 heterocycles. The quantitative estimate of drug-likeness (QED) is 0.557. The Labute approximate surface area is 144 Å². The van der Waals surface area contributed by atoms with E-state index in [-0.39, 0.29) is 11.7 Å². The van der Waals surface area contributed by atoms with Crippen molar-refractivity contribution >= 4 is 22.5 Å². The van der Waals surface area contributed by atoms with Crippen molar-refractivity contribution in [3.8, 4) is 5.75 Å². The van der Waals surface area contributed by atoms with Gasteiger partial charge >= 0.3 is 5.69 Å². The Morgan fingerprint density at radius 3 is 2.76 bits per heavy atom. The first-order valence-corrected chi connectivity index (χ1v) is 7.85. The Balaban J connectivity index is 2.00. The Bertz CT molecular complexity index is 957. The summed E-state index contributed by atoms with van der Waals surface area (Å²) in [7, 11) is 3.29. The molecule has 1 unspecified atom stereocenters. The van der Waals surface area contributed by atoms with Crippen LogP contribution in [0.2, 0.25) is 0 Å². The number of fused-ring (bicyclic) bond motifs is 1. The summed E-state index contributed by atoms with van der Waals surface area (Å²) in [5, 5.41) is 19.6. The molecule has 0 fully saturated rings. The molecule has 0 aliphatic carbocycles. The molecule has 8 nitrogen and oxygen atoms in total. The van der Waals surface area contributed by atoms with Crippen LogP contribution < -0.4 is 10.1 Å². The number of methoxy groups -OCH3 is 1. The second kappa shape index (κ2) is 6.12. The van der Waals surface area contributed by atoms with Crippen molar-refractivity contribution in [2.24, 2.45) is 7.05 Å². The third-order valence-electron chi connectivity index (χ3n) is 4.30. The number of nitro groups is 1. The van der Waals surface area contributed by atoms with Gasteiger partial charge in [0.15, 0.2) is 0 Å². The van der Waals surface area contributed by atoms with E-state index in [0.717, 1.165) is 28.0 Å². The summed E-state index contributed by atoms with van der Waals surface area (Å²) in [5.41, 5.74) is 2.06. The minimum absolute atomic E-state index is 0.0233. The number of nitrogens with zero attached hydrogens (tertiary/aromatic N) is 3. The summed E-state index contributed by atoms with van der Waals surface area (Å²) < 4.78 is 12.7. The summed E-state index contributed by atoms with van der Waals surface area (Å²) in [6, 6.07) is 5.34. The largest absolute Gasteiger partial charge is 0.497 e. The van der Waals surface area contributed by atoms with Crippen molar-refractivity contribution in [3.05, 3.63) is 45.3 Å². The molecule has 3 rings (SSSR count). The number of furan rings is 1. The van der Waals surface area contributed by atoms with E-state index in [4.69, 9.17) is 9.15 Å². The fourth-order valence-corrected chi connectivity index (χ4v) is 3.06. The number of benzene rings is 1. The minimum Gasteiger partial charge on any atom is -0.497 e. The number of aromatic nitrogens is 2. The first-order valence-electron chi connectivity index (χ1n) is 7.85. The zero-order valence-corrected chi connectivity index (χ0v) is 14.8. The second-order valence-corrected chi connectivity index (χ2v) is 5.98. The molecule has 0 amide bonds. The Hall–Kier alpha value is -3.03. The van der Waals surface area contributed by atoms with Gasteiger partial charge in [-0.2, -0.15) is 5.10 Å². The zero-order valence-electron chi connectivity index (χ0n) is 14.8. The maximum absolute atomic E-state index is 11.3. The van der Waals surface area contributed by atoms with Crippen LogP contribution in [0.1, 0.15) is 30.0 Å². The van der Waals surface area contributed by atoms with Gasteiger partial charge in [0.05, 0.1) is 18.1 Å². The van der Waals surface area contributed by atoms with Gasteiger partial charge in [0.25, 0.3) is 0 Å². The number of aryl methyl sites for hydroxylation is 3.